The fraction of sp³-hybridized carbons (Fsp3) is 0.588. The molecule has 1 unspecified atom stereocenters. The van der Waals surface area contributed by atoms with Gasteiger partial charge in [0.2, 0.25) is 5.91 Å². The molecular formula is C17H26FN3O2. The number of nitrogens with two attached hydrogens (primary N) is 1. The third-order valence-electron chi connectivity index (χ3n) is 4.64. The summed E-state index contributed by atoms with van der Waals surface area (Å²) >= 11 is 0. The summed E-state index contributed by atoms with van der Waals surface area (Å²) in [6, 6.07) is 6.38. The highest BCUT2D eigenvalue weighted by atomic mass is 19.1. The second kappa shape index (κ2) is 7.86. The molecule has 0 aliphatic carbocycles. The Balaban J connectivity index is 2.05. The minimum absolute atomic E-state index is 0.0356. The number of ether oxygens (including phenoxy) is 1. The quantitative estimate of drug-likeness (QED) is 0.828. The number of carbonyl (C=O) groups excluding carboxylic acids is 1. The van der Waals surface area contributed by atoms with E-state index in [1.807, 2.05) is 25.1 Å². The van der Waals surface area contributed by atoms with Crippen molar-refractivity contribution in [2.45, 2.75) is 18.9 Å². The zero-order valence-electron chi connectivity index (χ0n) is 13.8. The maximum atomic E-state index is 13.5. The van der Waals surface area contributed by atoms with Crippen molar-refractivity contribution in [1.82, 2.24) is 10.2 Å². The molecule has 2 rings (SSSR count). The normalized spacial score (nSPS) is 18.7. The number of benzene rings is 1. The van der Waals surface area contributed by atoms with Gasteiger partial charge >= 0.3 is 0 Å². The van der Waals surface area contributed by atoms with E-state index >= 15 is 0 Å². The van der Waals surface area contributed by atoms with Gasteiger partial charge in [0.05, 0.1) is 11.5 Å². The number of likely N-dealkylation sites (N-methyl/N-ethyl adjacent to an activating group) is 1. The molecule has 0 spiro atoms. The summed E-state index contributed by atoms with van der Waals surface area (Å²) in [4.78, 5) is 14.6. The molecule has 3 N–H and O–H groups in total. The van der Waals surface area contributed by atoms with Gasteiger partial charge in [0, 0.05) is 26.3 Å². The predicted octanol–water partition coefficient (Wildman–Crippen LogP) is 1.30. The third-order valence-corrected chi connectivity index (χ3v) is 4.64. The van der Waals surface area contributed by atoms with E-state index in [2.05, 4.69) is 5.32 Å². The van der Waals surface area contributed by atoms with Crippen LogP contribution < -0.4 is 11.1 Å². The van der Waals surface area contributed by atoms with Crippen molar-refractivity contribution in [2.24, 2.45) is 11.1 Å². The first-order chi connectivity index (χ1) is 11.0. The summed E-state index contributed by atoms with van der Waals surface area (Å²) in [5.41, 5.74) is 6.15. The highest BCUT2D eigenvalue weighted by molar-refractivity contribution is 5.83. The van der Waals surface area contributed by atoms with E-state index < -0.39 is 5.41 Å². The van der Waals surface area contributed by atoms with Crippen molar-refractivity contribution in [3.63, 3.8) is 0 Å². The average molecular weight is 323 g/mol. The Labute approximate surface area is 137 Å². The van der Waals surface area contributed by atoms with Gasteiger partial charge in [0.1, 0.15) is 5.82 Å². The zero-order valence-corrected chi connectivity index (χ0v) is 13.8. The van der Waals surface area contributed by atoms with Gasteiger partial charge in [-0.2, -0.15) is 0 Å². The molecule has 5 nitrogen and oxygen atoms in total. The summed E-state index contributed by atoms with van der Waals surface area (Å²) in [7, 11) is 3.82. The summed E-state index contributed by atoms with van der Waals surface area (Å²) in [6.45, 7) is 1.85. The molecule has 1 atom stereocenters. The topological polar surface area (TPSA) is 67.6 Å². The highest BCUT2D eigenvalue weighted by Crippen LogP contribution is 2.30. The Bertz CT molecular complexity index is 530. The molecule has 6 heteroatoms. The molecule has 0 aromatic heterocycles. The smallest absolute Gasteiger partial charge is 0.227 e. The Morgan fingerprint density at radius 3 is 2.70 bits per heavy atom. The fourth-order valence-electron chi connectivity index (χ4n) is 2.98. The van der Waals surface area contributed by atoms with Crippen LogP contribution in [0.15, 0.2) is 24.3 Å². The Hall–Kier alpha value is -1.50. The van der Waals surface area contributed by atoms with Gasteiger partial charge < -0.3 is 20.7 Å². The number of hydrogen-bond donors (Lipinski definition) is 2. The molecule has 23 heavy (non-hydrogen) atoms. The molecule has 1 aliphatic heterocycles. The van der Waals surface area contributed by atoms with Crippen molar-refractivity contribution >= 4 is 5.91 Å². The second-order valence-corrected chi connectivity index (χ2v) is 6.34. The molecule has 1 aromatic rings. The lowest BCUT2D eigenvalue weighted by atomic mass is 9.79. The molecule has 1 aromatic carbocycles. The first-order valence-corrected chi connectivity index (χ1v) is 7.96. The van der Waals surface area contributed by atoms with Gasteiger partial charge in [-0.25, -0.2) is 4.39 Å². The van der Waals surface area contributed by atoms with Gasteiger partial charge in [-0.05, 0) is 44.6 Å². The lowest BCUT2D eigenvalue weighted by Crippen LogP contribution is -2.50. The SMILES string of the molecule is CN(C)C(CNC(=O)C1(CN)CCOCC1)c1cccc(F)c1. The van der Waals surface area contributed by atoms with Crippen LogP contribution in [0.1, 0.15) is 24.4 Å². The number of amides is 1. The molecule has 1 aliphatic rings. The van der Waals surface area contributed by atoms with Crippen LogP contribution in [0.3, 0.4) is 0 Å². The maximum absolute atomic E-state index is 13.5. The molecule has 1 amide bonds. The number of halogens is 1. The number of nitrogens with zero attached hydrogens (tertiary/aromatic N) is 1. The Kier molecular flexibility index (Phi) is 6.10. The molecule has 0 saturated carbocycles. The Morgan fingerprint density at radius 2 is 2.13 bits per heavy atom. The van der Waals surface area contributed by atoms with Gasteiger partial charge in [-0.15, -0.1) is 0 Å². The molecular weight excluding hydrogens is 297 g/mol. The summed E-state index contributed by atoms with van der Waals surface area (Å²) < 4.78 is 18.8. The van der Waals surface area contributed by atoms with Crippen LogP contribution in [0.4, 0.5) is 4.39 Å². The van der Waals surface area contributed by atoms with Crippen molar-refractivity contribution in [3.05, 3.63) is 35.6 Å². The number of hydrogen-bond acceptors (Lipinski definition) is 4. The Morgan fingerprint density at radius 1 is 1.43 bits per heavy atom. The molecule has 1 fully saturated rings. The lowest BCUT2D eigenvalue weighted by Gasteiger charge is -2.35. The zero-order chi connectivity index (χ0) is 16.9. The summed E-state index contributed by atoms with van der Waals surface area (Å²) in [5.74, 6) is -0.310. The van der Waals surface area contributed by atoms with Crippen LogP contribution >= 0.6 is 0 Å². The maximum Gasteiger partial charge on any atom is 0.227 e. The van der Waals surface area contributed by atoms with Crippen molar-refractivity contribution in [2.75, 3.05) is 40.4 Å². The highest BCUT2D eigenvalue weighted by Gasteiger charge is 2.38. The van der Waals surface area contributed by atoms with E-state index in [1.165, 1.54) is 12.1 Å². The first-order valence-electron chi connectivity index (χ1n) is 7.96. The number of nitrogens with one attached hydrogen (secondary N) is 1. The van der Waals surface area contributed by atoms with Crippen LogP contribution in [0.2, 0.25) is 0 Å². The van der Waals surface area contributed by atoms with Crippen LogP contribution in [0, 0.1) is 11.2 Å². The van der Waals surface area contributed by atoms with Gasteiger partial charge in [-0.1, -0.05) is 12.1 Å². The standard InChI is InChI=1S/C17H26FN3O2/c1-21(2)15(13-4-3-5-14(18)10-13)11-20-16(22)17(12-19)6-8-23-9-7-17/h3-5,10,15H,6-9,11-12,19H2,1-2H3,(H,20,22). The summed E-state index contributed by atoms with van der Waals surface area (Å²) in [6.07, 6.45) is 1.28. The second-order valence-electron chi connectivity index (χ2n) is 6.34. The largest absolute Gasteiger partial charge is 0.381 e. The van der Waals surface area contributed by atoms with E-state index in [1.54, 1.807) is 6.07 Å². The van der Waals surface area contributed by atoms with Crippen LogP contribution in [-0.2, 0) is 9.53 Å². The predicted molar refractivity (Wildman–Crippen MR) is 87.4 cm³/mol. The third kappa shape index (κ3) is 4.28. The van der Waals surface area contributed by atoms with Crippen molar-refractivity contribution < 1.29 is 13.9 Å². The molecule has 0 bridgehead atoms. The lowest BCUT2D eigenvalue weighted by molar-refractivity contribution is -0.136. The van der Waals surface area contributed by atoms with Crippen LogP contribution in [-0.4, -0.2) is 51.2 Å². The molecule has 0 radical (unpaired) electrons. The monoisotopic (exact) mass is 323 g/mol. The number of carbonyl (C=O) groups is 1. The van der Waals surface area contributed by atoms with Crippen LogP contribution in [0.5, 0.6) is 0 Å². The molecule has 1 heterocycles. The van der Waals surface area contributed by atoms with E-state index in [4.69, 9.17) is 10.5 Å². The molecule has 128 valence electrons. The average Bonchev–Trinajstić information content (AvgIpc) is 2.55. The fourth-order valence-corrected chi connectivity index (χ4v) is 2.98. The first kappa shape index (κ1) is 17.8. The van der Waals surface area contributed by atoms with E-state index in [-0.39, 0.29) is 17.8 Å². The van der Waals surface area contributed by atoms with Gasteiger partial charge in [0.15, 0.2) is 0 Å². The van der Waals surface area contributed by atoms with E-state index in [0.29, 0.717) is 39.1 Å². The van der Waals surface area contributed by atoms with E-state index in [9.17, 15) is 9.18 Å². The minimum Gasteiger partial charge on any atom is -0.381 e. The van der Waals surface area contributed by atoms with E-state index in [0.717, 1.165) is 5.56 Å². The van der Waals surface area contributed by atoms with Crippen LogP contribution in [0.25, 0.3) is 0 Å². The minimum atomic E-state index is -0.545. The van der Waals surface area contributed by atoms with Gasteiger partial charge in [0.25, 0.3) is 0 Å². The van der Waals surface area contributed by atoms with Crippen molar-refractivity contribution in [3.8, 4) is 0 Å². The van der Waals surface area contributed by atoms with Crippen molar-refractivity contribution in [1.29, 1.82) is 0 Å². The van der Waals surface area contributed by atoms with Gasteiger partial charge in [-0.3, -0.25) is 4.79 Å². The molecule has 1 saturated heterocycles. The number of rotatable bonds is 6. The summed E-state index contributed by atoms with van der Waals surface area (Å²) in [5, 5.41) is 3.00.